The molecule has 0 saturated carbocycles. The number of carbonyl (C=O) groups is 2. The first kappa shape index (κ1) is 22.7. The summed E-state index contributed by atoms with van der Waals surface area (Å²) in [6.45, 7) is 5.37. The van der Waals surface area contributed by atoms with E-state index in [1.54, 1.807) is 31.2 Å². The lowest BCUT2D eigenvalue weighted by Crippen LogP contribution is -2.29. The van der Waals surface area contributed by atoms with E-state index in [0.717, 1.165) is 4.90 Å². The molecule has 0 bridgehead atoms. The first-order chi connectivity index (χ1) is 16.2. The van der Waals surface area contributed by atoms with Crippen molar-refractivity contribution in [1.29, 1.82) is 0 Å². The number of nitro groups is 1. The highest BCUT2D eigenvalue weighted by atomic mass is 16.6. The number of rotatable bonds is 6. The lowest BCUT2D eigenvalue weighted by molar-refractivity contribution is -0.384. The van der Waals surface area contributed by atoms with E-state index in [9.17, 15) is 24.8 Å². The molecule has 4 rings (SSSR count). The molecular weight excluding hydrogens is 442 g/mol. The molecule has 10 heteroatoms. The molecule has 1 fully saturated rings. The van der Waals surface area contributed by atoms with Crippen LogP contribution < -0.4 is 9.64 Å². The molecule has 34 heavy (non-hydrogen) atoms. The SMILES string of the molecule is Cc1cc(N2C(=O)C(=O)/C(=C(/O)c3ccc(OC(C)C)cc3)[C@@H]2c2cccc([N+](=O)[O-])c2)no1. The number of nitrogens with zero attached hydrogens (tertiary/aromatic N) is 3. The quantitative estimate of drug-likeness (QED) is 0.188. The van der Waals surface area contributed by atoms with Crippen LogP contribution in [0.2, 0.25) is 0 Å². The zero-order chi connectivity index (χ0) is 24.6. The Balaban J connectivity index is 1.88. The fourth-order valence-corrected chi connectivity index (χ4v) is 3.78. The molecule has 0 radical (unpaired) electrons. The van der Waals surface area contributed by atoms with Crippen molar-refractivity contribution in [3.63, 3.8) is 0 Å². The highest BCUT2D eigenvalue weighted by molar-refractivity contribution is 6.51. The van der Waals surface area contributed by atoms with Crippen molar-refractivity contribution >= 4 is 29.0 Å². The Kier molecular flexibility index (Phi) is 5.89. The standard InChI is InChI=1S/C24H21N3O7/c1-13(2)33-18-9-7-15(8-10-18)22(28)20-21(16-5-4-6-17(12-16)27(31)32)26(24(30)23(20)29)19-11-14(3)34-25-19/h4-13,21,28H,1-3H3/b22-20+/t21-/m0/s1. The number of benzene rings is 2. The van der Waals surface area contributed by atoms with Gasteiger partial charge >= 0.3 is 5.91 Å². The molecule has 1 aromatic heterocycles. The average molecular weight is 463 g/mol. The van der Waals surface area contributed by atoms with E-state index in [2.05, 4.69) is 5.16 Å². The molecular formula is C24H21N3O7. The summed E-state index contributed by atoms with van der Waals surface area (Å²) >= 11 is 0. The number of ether oxygens (including phenoxy) is 1. The molecule has 2 aromatic carbocycles. The van der Waals surface area contributed by atoms with Crippen LogP contribution in [0.5, 0.6) is 5.75 Å². The number of non-ortho nitro benzene ring substituents is 1. The summed E-state index contributed by atoms with van der Waals surface area (Å²) in [6.07, 6.45) is -0.0513. The van der Waals surface area contributed by atoms with E-state index >= 15 is 0 Å². The molecule has 0 spiro atoms. The maximum atomic E-state index is 13.1. The fraction of sp³-hybridized carbons (Fsp3) is 0.208. The molecule has 1 atom stereocenters. The Morgan fingerprint density at radius 1 is 1.18 bits per heavy atom. The number of amides is 1. The summed E-state index contributed by atoms with van der Waals surface area (Å²) in [4.78, 5) is 38.0. The van der Waals surface area contributed by atoms with Crippen LogP contribution in [0, 0.1) is 17.0 Å². The lowest BCUT2D eigenvalue weighted by atomic mass is 9.95. The summed E-state index contributed by atoms with van der Waals surface area (Å²) in [7, 11) is 0. The minimum atomic E-state index is -1.16. The van der Waals surface area contributed by atoms with E-state index in [0.29, 0.717) is 11.5 Å². The molecule has 1 saturated heterocycles. The number of ketones is 1. The van der Waals surface area contributed by atoms with Gasteiger partial charge in [0.05, 0.1) is 22.6 Å². The van der Waals surface area contributed by atoms with Crippen LogP contribution in [0.1, 0.15) is 36.8 Å². The first-order valence-electron chi connectivity index (χ1n) is 10.4. The van der Waals surface area contributed by atoms with E-state index in [1.165, 1.54) is 30.3 Å². The normalized spacial score (nSPS) is 17.4. The lowest BCUT2D eigenvalue weighted by Gasteiger charge is -2.22. The molecule has 174 valence electrons. The van der Waals surface area contributed by atoms with Crippen molar-refractivity contribution in [2.24, 2.45) is 0 Å². The monoisotopic (exact) mass is 463 g/mol. The molecule has 1 aliphatic rings. The second-order valence-electron chi connectivity index (χ2n) is 8.01. The van der Waals surface area contributed by atoms with Crippen LogP contribution in [0.25, 0.3) is 5.76 Å². The minimum absolute atomic E-state index is 0.0513. The Bertz CT molecular complexity index is 1310. The topological polar surface area (TPSA) is 136 Å². The van der Waals surface area contributed by atoms with E-state index in [4.69, 9.17) is 9.26 Å². The highest BCUT2D eigenvalue weighted by Gasteiger charge is 2.48. The molecule has 1 aliphatic heterocycles. The summed E-state index contributed by atoms with van der Waals surface area (Å²) in [5.74, 6) is -1.29. The second-order valence-corrected chi connectivity index (χ2v) is 8.01. The molecule has 1 N–H and O–H groups in total. The number of carbonyl (C=O) groups excluding carboxylic acids is 2. The van der Waals surface area contributed by atoms with Gasteiger partial charge in [-0.1, -0.05) is 17.3 Å². The predicted molar refractivity (Wildman–Crippen MR) is 121 cm³/mol. The number of aryl methyl sites for hydroxylation is 1. The third kappa shape index (κ3) is 4.13. The molecule has 0 aliphatic carbocycles. The molecule has 2 heterocycles. The van der Waals surface area contributed by atoms with Crippen LogP contribution in [-0.2, 0) is 9.59 Å². The third-order valence-corrected chi connectivity index (χ3v) is 5.20. The number of anilines is 1. The summed E-state index contributed by atoms with van der Waals surface area (Å²) in [5.41, 5.74) is 0.0921. The zero-order valence-corrected chi connectivity index (χ0v) is 18.6. The largest absolute Gasteiger partial charge is 0.507 e. The molecule has 3 aromatic rings. The predicted octanol–water partition coefficient (Wildman–Crippen LogP) is 4.30. The summed E-state index contributed by atoms with van der Waals surface area (Å²) in [5, 5.41) is 26.3. The Morgan fingerprint density at radius 3 is 2.47 bits per heavy atom. The van der Waals surface area contributed by atoms with Gasteiger partial charge in [-0.25, -0.2) is 0 Å². The number of nitro benzene ring substituents is 1. The fourth-order valence-electron chi connectivity index (χ4n) is 3.78. The van der Waals surface area contributed by atoms with Crippen molar-refractivity contribution in [2.75, 3.05) is 4.90 Å². The minimum Gasteiger partial charge on any atom is -0.507 e. The van der Waals surface area contributed by atoms with Crippen LogP contribution in [-0.4, -0.2) is 33.0 Å². The van der Waals surface area contributed by atoms with E-state index in [-0.39, 0.29) is 34.3 Å². The zero-order valence-electron chi connectivity index (χ0n) is 18.6. The van der Waals surface area contributed by atoms with Crippen LogP contribution >= 0.6 is 0 Å². The average Bonchev–Trinajstić information content (AvgIpc) is 3.34. The van der Waals surface area contributed by atoms with Crippen molar-refractivity contribution < 1.29 is 28.9 Å². The third-order valence-electron chi connectivity index (χ3n) is 5.20. The Hall–Kier alpha value is -4.47. The Morgan fingerprint density at radius 2 is 1.88 bits per heavy atom. The second kappa shape index (κ2) is 8.81. The van der Waals surface area contributed by atoms with Gasteiger partial charge in [-0.3, -0.25) is 24.6 Å². The van der Waals surface area contributed by atoms with Gasteiger partial charge in [0.2, 0.25) is 0 Å². The molecule has 0 unspecified atom stereocenters. The number of hydrogen-bond acceptors (Lipinski definition) is 8. The van der Waals surface area contributed by atoms with E-state index < -0.39 is 28.4 Å². The van der Waals surface area contributed by atoms with E-state index in [1.807, 2.05) is 13.8 Å². The van der Waals surface area contributed by atoms with Gasteiger partial charge in [0.1, 0.15) is 17.3 Å². The van der Waals surface area contributed by atoms with Crippen molar-refractivity contribution in [2.45, 2.75) is 32.9 Å². The van der Waals surface area contributed by atoms with Crippen molar-refractivity contribution in [3.05, 3.63) is 87.2 Å². The molecule has 10 nitrogen and oxygen atoms in total. The maximum absolute atomic E-state index is 13.1. The summed E-state index contributed by atoms with van der Waals surface area (Å²) < 4.78 is 10.7. The van der Waals surface area contributed by atoms with Gasteiger partial charge in [-0.05, 0) is 50.6 Å². The highest BCUT2D eigenvalue weighted by Crippen LogP contribution is 2.42. The molecule has 1 amide bonds. The van der Waals surface area contributed by atoms with Gasteiger partial charge in [0.25, 0.3) is 11.5 Å². The van der Waals surface area contributed by atoms with Crippen LogP contribution in [0.15, 0.2) is 64.7 Å². The van der Waals surface area contributed by atoms with Crippen LogP contribution in [0.4, 0.5) is 11.5 Å². The summed E-state index contributed by atoms with van der Waals surface area (Å²) in [6, 6.07) is 12.2. The number of aliphatic hydroxyl groups is 1. The number of hydrogen-bond donors (Lipinski definition) is 1. The van der Waals surface area contributed by atoms with Gasteiger partial charge in [0.15, 0.2) is 5.82 Å². The number of Topliss-reactive ketones (excluding diaryl/α,β-unsaturated/α-hetero) is 1. The number of aliphatic hydroxyl groups excluding tert-OH is 1. The van der Waals surface area contributed by atoms with Crippen molar-refractivity contribution in [3.8, 4) is 5.75 Å². The first-order valence-corrected chi connectivity index (χ1v) is 10.4. The maximum Gasteiger partial charge on any atom is 0.301 e. The smallest absolute Gasteiger partial charge is 0.301 e. The van der Waals surface area contributed by atoms with Gasteiger partial charge in [-0.15, -0.1) is 0 Å². The van der Waals surface area contributed by atoms with Gasteiger partial charge < -0.3 is 14.4 Å². The Labute approximate surface area is 194 Å². The van der Waals surface area contributed by atoms with Crippen molar-refractivity contribution in [1.82, 2.24) is 5.16 Å². The van der Waals surface area contributed by atoms with Gasteiger partial charge in [0, 0.05) is 23.8 Å². The number of aromatic nitrogens is 1. The van der Waals surface area contributed by atoms with Gasteiger partial charge in [-0.2, -0.15) is 0 Å². The van der Waals surface area contributed by atoms with Crippen LogP contribution in [0.3, 0.4) is 0 Å².